The van der Waals surface area contributed by atoms with E-state index >= 15 is 0 Å². The molecule has 9 aromatic carbocycles. The van der Waals surface area contributed by atoms with Crippen molar-refractivity contribution < 1.29 is 0 Å². The fourth-order valence-corrected chi connectivity index (χ4v) is 16.9. The van der Waals surface area contributed by atoms with Gasteiger partial charge in [0.05, 0.1) is 33.1 Å². The number of benzene rings is 9. The van der Waals surface area contributed by atoms with Crippen LogP contribution < -0.4 is 9.80 Å². The van der Waals surface area contributed by atoms with Crippen LogP contribution in [0.5, 0.6) is 0 Å². The van der Waals surface area contributed by atoms with Crippen LogP contribution in [0.25, 0.3) is 76.2 Å². The molecule has 4 nitrogen and oxygen atoms in total. The van der Waals surface area contributed by atoms with Crippen LogP contribution in [-0.4, -0.2) is 8.80 Å². The number of para-hydroxylation sites is 2. The minimum absolute atomic E-state index is 0.679. The number of fused-ring (bicyclic) bond motifs is 12. The molecule has 4 aromatic heterocycles. The summed E-state index contributed by atoms with van der Waals surface area (Å²) in [5, 5.41) is 10.5. The molecule has 0 saturated heterocycles. The van der Waals surface area contributed by atoms with Crippen LogP contribution in [0.1, 0.15) is 174 Å². The zero-order chi connectivity index (χ0) is 53.8. The maximum absolute atomic E-state index is 2.58. The highest BCUT2D eigenvalue weighted by atomic mass is 15.1. The van der Waals surface area contributed by atoms with E-state index in [1.165, 1.54) is 261 Å². The van der Waals surface area contributed by atoms with E-state index in [0.717, 1.165) is 0 Å². The van der Waals surface area contributed by atoms with Crippen molar-refractivity contribution in [2.24, 2.45) is 0 Å². The molecule has 4 aliphatic carbocycles. The molecule has 0 unspecified atom stereocenters. The zero-order valence-electron chi connectivity index (χ0n) is 47.6. The number of hydrogen-bond acceptors (Lipinski definition) is 2. The van der Waals surface area contributed by atoms with Crippen molar-refractivity contribution in [3.63, 3.8) is 0 Å². The van der Waals surface area contributed by atoms with Crippen molar-refractivity contribution in [3.8, 4) is 0 Å². The average Bonchev–Trinajstić information content (AvgIpc) is 2.06. The first-order valence-electron chi connectivity index (χ1n) is 32.0. The van der Waals surface area contributed by atoms with E-state index in [0.29, 0.717) is 23.7 Å². The summed E-state index contributed by atoms with van der Waals surface area (Å²) in [4.78, 5) is 5.02. The van der Waals surface area contributed by atoms with Gasteiger partial charge >= 0.3 is 0 Å². The molecule has 4 heteroatoms. The normalized spacial score (nSPS) is 17.6. The summed E-state index contributed by atoms with van der Waals surface area (Å²) in [5.41, 5.74) is 21.0. The summed E-state index contributed by atoms with van der Waals surface area (Å²) in [6.45, 7) is 0. The van der Waals surface area contributed by atoms with Gasteiger partial charge < -0.3 is 18.6 Å². The van der Waals surface area contributed by atoms with Gasteiger partial charge in [-0.15, -0.1) is 0 Å². The zero-order valence-corrected chi connectivity index (χ0v) is 47.6. The summed E-state index contributed by atoms with van der Waals surface area (Å²) in [6.07, 6.45) is 26.8. The summed E-state index contributed by atoms with van der Waals surface area (Å²) in [5.74, 6) is 2.72. The molecule has 0 aliphatic heterocycles. The van der Waals surface area contributed by atoms with Gasteiger partial charge in [0.25, 0.3) is 0 Å². The highest BCUT2D eigenvalue weighted by Gasteiger charge is 2.27. The fourth-order valence-electron chi connectivity index (χ4n) is 16.9. The Labute approximate surface area is 482 Å². The predicted molar refractivity (Wildman–Crippen MR) is 348 cm³/mol. The summed E-state index contributed by atoms with van der Waals surface area (Å²) < 4.78 is 5.16. The van der Waals surface area contributed by atoms with Crippen molar-refractivity contribution in [3.05, 3.63) is 204 Å². The van der Waals surface area contributed by atoms with Crippen molar-refractivity contribution in [1.29, 1.82) is 0 Å². The van der Waals surface area contributed by atoms with Crippen LogP contribution in [0.2, 0.25) is 0 Å². The molecule has 0 atom stereocenters. The maximum atomic E-state index is 2.58. The molecular weight excluding hydrogens is 993 g/mol. The van der Waals surface area contributed by atoms with E-state index in [4.69, 9.17) is 0 Å². The van der Waals surface area contributed by atoms with Gasteiger partial charge in [0.2, 0.25) is 0 Å². The van der Waals surface area contributed by atoms with E-state index in [9.17, 15) is 0 Å². The van der Waals surface area contributed by atoms with E-state index < -0.39 is 0 Å². The van der Waals surface area contributed by atoms with Crippen LogP contribution in [0.4, 0.5) is 34.1 Å². The molecule has 4 heterocycles. The van der Waals surface area contributed by atoms with Gasteiger partial charge in [0.1, 0.15) is 0 Å². The van der Waals surface area contributed by atoms with Crippen LogP contribution >= 0.6 is 0 Å². The second-order valence-corrected chi connectivity index (χ2v) is 25.7. The van der Waals surface area contributed by atoms with Gasteiger partial charge in [-0.05, 0) is 194 Å². The SMILES string of the molecule is c1cc2c3cc(N(c4ccc(C5CCCCC5)cc4)c4ccc(C5CCCCC5)cc4)ccc3n3c4cc5c6cccc7c8cc(N(c9ccc(C%10CCCCC%10)cc9)c9ccc(C%10CCCCC%10)cc9)ccc8n(c5cc4c(c1)c23)c76. The third kappa shape index (κ3) is 7.97. The highest BCUT2D eigenvalue weighted by molar-refractivity contribution is 6.29. The van der Waals surface area contributed by atoms with Crippen LogP contribution in [0.15, 0.2) is 182 Å². The second kappa shape index (κ2) is 20.0. The third-order valence-corrected chi connectivity index (χ3v) is 21.1. The maximum Gasteiger partial charge on any atom is 0.0620 e. The van der Waals surface area contributed by atoms with E-state index in [1.54, 1.807) is 0 Å². The lowest BCUT2D eigenvalue weighted by Gasteiger charge is -2.28. The minimum atomic E-state index is 0.679. The van der Waals surface area contributed by atoms with E-state index in [-0.39, 0.29) is 0 Å². The molecule has 0 amide bonds. The number of hydrogen-bond donors (Lipinski definition) is 0. The number of rotatable bonds is 10. The predicted octanol–water partition coefficient (Wildman–Crippen LogP) is 23.1. The minimum Gasteiger partial charge on any atom is -0.310 e. The van der Waals surface area contributed by atoms with Crippen molar-refractivity contribution >= 4 is 110 Å². The third-order valence-electron chi connectivity index (χ3n) is 21.1. The molecule has 0 bridgehead atoms. The Balaban J connectivity index is 0.781. The first-order valence-corrected chi connectivity index (χ1v) is 32.0. The van der Waals surface area contributed by atoms with Crippen molar-refractivity contribution in [2.75, 3.05) is 9.80 Å². The van der Waals surface area contributed by atoms with Gasteiger partial charge in [0.15, 0.2) is 0 Å². The number of nitrogens with zero attached hydrogens (tertiary/aromatic N) is 4. The summed E-state index contributed by atoms with van der Waals surface area (Å²) in [7, 11) is 0. The molecule has 17 rings (SSSR count). The van der Waals surface area contributed by atoms with Gasteiger partial charge in [-0.25, -0.2) is 0 Å². The average molecular weight is 1070 g/mol. The Morgan fingerprint density at radius 1 is 0.232 bits per heavy atom. The Morgan fingerprint density at radius 2 is 0.488 bits per heavy atom. The van der Waals surface area contributed by atoms with E-state index in [1.807, 2.05) is 0 Å². The summed E-state index contributed by atoms with van der Waals surface area (Å²) >= 11 is 0. The Bertz CT molecular complexity index is 4050. The van der Waals surface area contributed by atoms with E-state index in [2.05, 4.69) is 201 Å². The number of anilines is 6. The Kier molecular flexibility index (Phi) is 11.9. The molecule has 0 spiro atoms. The molecule has 82 heavy (non-hydrogen) atoms. The Morgan fingerprint density at radius 3 is 0.768 bits per heavy atom. The van der Waals surface area contributed by atoms with Gasteiger partial charge in [0, 0.05) is 77.2 Å². The molecule has 4 aliphatic rings. The Hall–Kier alpha value is -7.82. The van der Waals surface area contributed by atoms with Gasteiger partial charge in [-0.1, -0.05) is 162 Å². The molecule has 0 radical (unpaired) electrons. The largest absolute Gasteiger partial charge is 0.310 e. The quantitative estimate of drug-likeness (QED) is 0.136. The van der Waals surface area contributed by atoms with Crippen LogP contribution in [0, 0.1) is 0 Å². The molecule has 4 fully saturated rings. The van der Waals surface area contributed by atoms with Gasteiger partial charge in [-0.3, -0.25) is 0 Å². The number of aromatic nitrogens is 2. The van der Waals surface area contributed by atoms with Crippen molar-refractivity contribution in [1.82, 2.24) is 8.80 Å². The van der Waals surface area contributed by atoms with Crippen LogP contribution in [-0.2, 0) is 0 Å². The highest BCUT2D eigenvalue weighted by Crippen LogP contribution is 2.49. The smallest absolute Gasteiger partial charge is 0.0620 e. The lowest BCUT2D eigenvalue weighted by molar-refractivity contribution is 0.443. The molecular formula is C78H74N4. The summed E-state index contributed by atoms with van der Waals surface area (Å²) in [6, 6.07) is 72.2. The lowest BCUT2D eigenvalue weighted by atomic mass is 9.84. The first kappa shape index (κ1) is 48.8. The standard InChI is InChI=1S/C78H74N4/c1-5-15-51(16-6-1)55-27-35-59(36-28-55)79(60-37-29-56(30-38-60)52-17-7-2-8-18-52)63-43-45-73-69(47-63)65-23-13-25-67-71-50-76-72(49-75(71)81(73)77(65)67)68-26-14-24-66-70-48-64(44-46-74(70)82(76)78(66)68)80(61-39-31-57(32-40-61)53-19-9-3-10-20-53)62-41-33-58(34-42-62)54-21-11-4-12-22-54/h13-14,23-54H,1-12,15-22H2. The van der Waals surface area contributed by atoms with Crippen LogP contribution in [0.3, 0.4) is 0 Å². The lowest BCUT2D eigenvalue weighted by Crippen LogP contribution is -2.11. The topological polar surface area (TPSA) is 15.3 Å². The monoisotopic (exact) mass is 1070 g/mol. The molecule has 13 aromatic rings. The molecule has 406 valence electrons. The fraction of sp³-hybridized carbons (Fsp3) is 0.308. The molecule has 0 N–H and O–H groups in total. The van der Waals surface area contributed by atoms with Gasteiger partial charge in [-0.2, -0.15) is 0 Å². The molecule has 4 saturated carbocycles. The first-order chi connectivity index (χ1) is 40.7. The second-order valence-electron chi connectivity index (χ2n) is 25.7. The van der Waals surface area contributed by atoms with Crippen molar-refractivity contribution in [2.45, 2.75) is 152 Å².